The summed E-state index contributed by atoms with van der Waals surface area (Å²) in [6.45, 7) is 11.1. The molecule has 0 radical (unpaired) electrons. The summed E-state index contributed by atoms with van der Waals surface area (Å²) in [6.07, 6.45) is 2.71. The Morgan fingerprint density at radius 1 is 1.07 bits per heavy atom. The van der Waals surface area contributed by atoms with Gasteiger partial charge in [-0.3, -0.25) is 4.90 Å². The molecule has 0 aromatic heterocycles. The van der Waals surface area contributed by atoms with Gasteiger partial charge in [0, 0.05) is 32.2 Å². The number of hydrogen-bond donors (Lipinski definition) is 1. The standard InChI is InChI=1S/C11H23N3/c1-2-13-7-9-14(10-8-13)11-3-5-12-6-4-11/h11-12H,2-10H2,1H3. The molecule has 2 saturated heterocycles. The number of rotatable bonds is 2. The van der Waals surface area contributed by atoms with Gasteiger partial charge in [-0.15, -0.1) is 0 Å². The van der Waals surface area contributed by atoms with Crippen LogP contribution in [0.4, 0.5) is 0 Å². The number of nitrogens with one attached hydrogen (secondary N) is 1. The first-order valence-electron chi connectivity index (χ1n) is 6.07. The predicted molar refractivity (Wildman–Crippen MR) is 59.6 cm³/mol. The second-order valence-electron chi connectivity index (χ2n) is 4.45. The van der Waals surface area contributed by atoms with E-state index < -0.39 is 0 Å². The number of piperazine rings is 1. The van der Waals surface area contributed by atoms with Crippen molar-refractivity contribution < 1.29 is 0 Å². The third-order valence-corrected chi connectivity index (χ3v) is 3.68. The molecule has 0 bridgehead atoms. The van der Waals surface area contributed by atoms with Crippen molar-refractivity contribution in [1.82, 2.24) is 15.1 Å². The summed E-state index contributed by atoms with van der Waals surface area (Å²) in [7, 11) is 0. The fourth-order valence-electron chi connectivity index (χ4n) is 2.62. The monoisotopic (exact) mass is 197 g/mol. The first kappa shape index (κ1) is 10.4. The second kappa shape index (κ2) is 5.10. The molecule has 3 heteroatoms. The van der Waals surface area contributed by atoms with Crippen molar-refractivity contribution in [2.24, 2.45) is 0 Å². The maximum absolute atomic E-state index is 3.44. The van der Waals surface area contributed by atoms with E-state index in [1.165, 1.54) is 58.7 Å². The van der Waals surface area contributed by atoms with Crippen LogP contribution >= 0.6 is 0 Å². The van der Waals surface area contributed by atoms with Gasteiger partial charge in [-0.1, -0.05) is 6.92 Å². The maximum atomic E-state index is 3.44. The molecule has 0 amide bonds. The molecule has 1 N–H and O–H groups in total. The van der Waals surface area contributed by atoms with E-state index in [9.17, 15) is 0 Å². The molecule has 0 unspecified atom stereocenters. The van der Waals surface area contributed by atoms with Crippen LogP contribution in [0.5, 0.6) is 0 Å². The summed E-state index contributed by atoms with van der Waals surface area (Å²) in [5.41, 5.74) is 0. The van der Waals surface area contributed by atoms with Crippen LogP contribution in [-0.4, -0.2) is 61.7 Å². The summed E-state index contributed by atoms with van der Waals surface area (Å²) >= 11 is 0. The minimum atomic E-state index is 0.871. The molecule has 0 saturated carbocycles. The van der Waals surface area contributed by atoms with E-state index in [-0.39, 0.29) is 0 Å². The molecule has 0 spiro atoms. The summed E-state index contributed by atoms with van der Waals surface area (Å²) in [5, 5.41) is 3.44. The van der Waals surface area contributed by atoms with Gasteiger partial charge in [0.15, 0.2) is 0 Å². The van der Waals surface area contributed by atoms with Crippen molar-refractivity contribution >= 4 is 0 Å². The fourth-order valence-corrected chi connectivity index (χ4v) is 2.62. The lowest BCUT2D eigenvalue weighted by molar-refractivity contribution is 0.0848. The van der Waals surface area contributed by atoms with Crippen LogP contribution in [0.25, 0.3) is 0 Å². The summed E-state index contributed by atoms with van der Waals surface area (Å²) in [4.78, 5) is 5.25. The van der Waals surface area contributed by atoms with E-state index in [4.69, 9.17) is 0 Å². The van der Waals surface area contributed by atoms with Crippen LogP contribution in [0.2, 0.25) is 0 Å². The molecule has 2 rings (SSSR count). The Bertz CT molecular complexity index is 158. The van der Waals surface area contributed by atoms with Crippen molar-refractivity contribution in [1.29, 1.82) is 0 Å². The molecule has 2 aliphatic rings. The summed E-state index contributed by atoms with van der Waals surface area (Å²) in [6, 6.07) is 0.871. The van der Waals surface area contributed by atoms with Crippen LogP contribution < -0.4 is 5.32 Å². The van der Waals surface area contributed by atoms with Gasteiger partial charge in [-0.05, 0) is 32.5 Å². The van der Waals surface area contributed by atoms with E-state index in [1.807, 2.05) is 0 Å². The zero-order valence-electron chi connectivity index (χ0n) is 9.34. The fraction of sp³-hybridized carbons (Fsp3) is 1.00. The van der Waals surface area contributed by atoms with Crippen molar-refractivity contribution in [2.75, 3.05) is 45.8 Å². The van der Waals surface area contributed by atoms with Crippen molar-refractivity contribution in [2.45, 2.75) is 25.8 Å². The van der Waals surface area contributed by atoms with Gasteiger partial charge in [0.1, 0.15) is 0 Å². The van der Waals surface area contributed by atoms with Gasteiger partial charge >= 0.3 is 0 Å². The minimum Gasteiger partial charge on any atom is -0.317 e. The highest BCUT2D eigenvalue weighted by atomic mass is 15.3. The van der Waals surface area contributed by atoms with E-state index in [2.05, 4.69) is 22.0 Å². The van der Waals surface area contributed by atoms with Crippen LogP contribution in [0.15, 0.2) is 0 Å². The molecule has 0 aromatic rings. The molecule has 0 aliphatic carbocycles. The number of nitrogens with zero attached hydrogens (tertiary/aromatic N) is 2. The summed E-state index contributed by atoms with van der Waals surface area (Å²) < 4.78 is 0. The highest BCUT2D eigenvalue weighted by Crippen LogP contribution is 2.13. The Hall–Kier alpha value is -0.120. The van der Waals surface area contributed by atoms with Gasteiger partial charge in [-0.2, -0.15) is 0 Å². The lowest BCUT2D eigenvalue weighted by atomic mass is 10.0. The number of likely N-dealkylation sites (N-methyl/N-ethyl adjacent to an activating group) is 1. The Labute approximate surface area is 87.4 Å². The molecule has 14 heavy (non-hydrogen) atoms. The maximum Gasteiger partial charge on any atom is 0.0120 e. The minimum absolute atomic E-state index is 0.871. The SMILES string of the molecule is CCN1CCN(C2CCNCC2)CC1. The van der Waals surface area contributed by atoms with E-state index in [0.717, 1.165) is 6.04 Å². The van der Waals surface area contributed by atoms with Crippen LogP contribution in [0.3, 0.4) is 0 Å². The molecule has 82 valence electrons. The van der Waals surface area contributed by atoms with Gasteiger partial charge in [0.25, 0.3) is 0 Å². The first-order valence-corrected chi connectivity index (χ1v) is 6.07. The lowest BCUT2D eigenvalue weighted by Crippen LogP contribution is -2.52. The average Bonchev–Trinajstić information content (AvgIpc) is 2.30. The van der Waals surface area contributed by atoms with Gasteiger partial charge in [0.05, 0.1) is 0 Å². The van der Waals surface area contributed by atoms with Crippen LogP contribution in [0.1, 0.15) is 19.8 Å². The third-order valence-electron chi connectivity index (χ3n) is 3.68. The number of hydrogen-bond acceptors (Lipinski definition) is 3. The average molecular weight is 197 g/mol. The summed E-state index contributed by atoms with van der Waals surface area (Å²) in [5.74, 6) is 0. The van der Waals surface area contributed by atoms with Gasteiger partial charge in [0.2, 0.25) is 0 Å². The number of piperidine rings is 1. The molecule has 3 nitrogen and oxygen atoms in total. The Morgan fingerprint density at radius 2 is 1.71 bits per heavy atom. The molecule has 2 heterocycles. The van der Waals surface area contributed by atoms with Crippen molar-refractivity contribution in [3.63, 3.8) is 0 Å². The van der Waals surface area contributed by atoms with E-state index in [0.29, 0.717) is 0 Å². The zero-order chi connectivity index (χ0) is 9.80. The normalized spacial score (nSPS) is 28.1. The van der Waals surface area contributed by atoms with Crippen LogP contribution in [-0.2, 0) is 0 Å². The second-order valence-corrected chi connectivity index (χ2v) is 4.45. The molecule has 0 aromatic carbocycles. The Morgan fingerprint density at radius 3 is 2.29 bits per heavy atom. The Balaban J connectivity index is 1.76. The highest BCUT2D eigenvalue weighted by Gasteiger charge is 2.23. The van der Waals surface area contributed by atoms with Gasteiger partial charge in [-0.25, -0.2) is 0 Å². The van der Waals surface area contributed by atoms with Gasteiger partial charge < -0.3 is 10.2 Å². The van der Waals surface area contributed by atoms with Crippen molar-refractivity contribution in [3.8, 4) is 0 Å². The largest absolute Gasteiger partial charge is 0.317 e. The first-order chi connectivity index (χ1) is 6.90. The molecule has 2 fully saturated rings. The topological polar surface area (TPSA) is 18.5 Å². The highest BCUT2D eigenvalue weighted by molar-refractivity contribution is 4.81. The van der Waals surface area contributed by atoms with E-state index in [1.54, 1.807) is 0 Å². The zero-order valence-corrected chi connectivity index (χ0v) is 9.34. The molecular formula is C11H23N3. The van der Waals surface area contributed by atoms with Crippen LogP contribution in [0, 0.1) is 0 Å². The smallest absolute Gasteiger partial charge is 0.0120 e. The molecule has 2 aliphatic heterocycles. The molecule has 0 atom stereocenters. The lowest BCUT2D eigenvalue weighted by Gasteiger charge is -2.40. The molecular weight excluding hydrogens is 174 g/mol. The predicted octanol–water partition coefficient (Wildman–Crippen LogP) is 0.376. The Kier molecular flexibility index (Phi) is 3.79. The third kappa shape index (κ3) is 2.47. The van der Waals surface area contributed by atoms with Crippen molar-refractivity contribution in [3.05, 3.63) is 0 Å². The van der Waals surface area contributed by atoms with E-state index >= 15 is 0 Å². The quantitative estimate of drug-likeness (QED) is 0.690.